The topological polar surface area (TPSA) is 75.6 Å². The van der Waals surface area contributed by atoms with Crippen molar-refractivity contribution in [3.8, 4) is 0 Å². The number of rotatable bonds is 5. The molecule has 5 nitrogen and oxygen atoms in total. The molecule has 0 saturated carbocycles. The summed E-state index contributed by atoms with van der Waals surface area (Å²) in [5.74, 6) is -1.56. The van der Waals surface area contributed by atoms with Crippen molar-refractivity contribution >= 4 is 29.2 Å². The van der Waals surface area contributed by atoms with E-state index in [0.717, 1.165) is 0 Å². The number of anilines is 1. The number of benzene rings is 1. The van der Waals surface area contributed by atoms with Crippen LogP contribution in [-0.2, 0) is 9.53 Å². The number of amides is 1. The minimum atomic E-state index is -1.15. The van der Waals surface area contributed by atoms with E-state index in [0.29, 0.717) is 11.6 Å². The maximum atomic E-state index is 11.4. The molecule has 0 aliphatic carbocycles. The Bertz CT molecular complexity index is 433. The first-order chi connectivity index (χ1) is 8.04. The minimum Gasteiger partial charge on any atom is -0.478 e. The summed E-state index contributed by atoms with van der Waals surface area (Å²) in [5, 5.41) is 11.7. The second kappa shape index (κ2) is 6.22. The van der Waals surface area contributed by atoms with Gasteiger partial charge >= 0.3 is 5.97 Å². The summed E-state index contributed by atoms with van der Waals surface area (Å²) in [6, 6.07) is 4.22. The van der Waals surface area contributed by atoms with Gasteiger partial charge in [0.2, 0.25) is 5.91 Å². The van der Waals surface area contributed by atoms with Crippen molar-refractivity contribution in [3.63, 3.8) is 0 Å². The summed E-state index contributed by atoms with van der Waals surface area (Å²) >= 11 is 5.68. The average Bonchev–Trinajstić information content (AvgIpc) is 2.28. The van der Waals surface area contributed by atoms with Crippen molar-refractivity contribution in [3.05, 3.63) is 28.8 Å². The van der Waals surface area contributed by atoms with Gasteiger partial charge in [-0.2, -0.15) is 0 Å². The van der Waals surface area contributed by atoms with Gasteiger partial charge in [0, 0.05) is 11.6 Å². The average molecular weight is 258 g/mol. The molecule has 92 valence electrons. The van der Waals surface area contributed by atoms with Crippen LogP contribution in [0.5, 0.6) is 0 Å². The van der Waals surface area contributed by atoms with Crippen molar-refractivity contribution < 1.29 is 19.4 Å². The van der Waals surface area contributed by atoms with E-state index in [1.165, 1.54) is 18.2 Å². The lowest BCUT2D eigenvalue weighted by Gasteiger charge is -2.08. The molecule has 17 heavy (non-hydrogen) atoms. The lowest BCUT2D eigenvalue weighted by Crippen LogP contribution is -2.19. The van der Waals surface area contributed by atoms with E-state index in [9.17, 15) is 9.59 Å². The van der Waals surface area contributed by atoms with Gasteiger partial charge in [-0.15, -0.1) is 0 Å². The van der Waals surface area contributed by atoms with Crippen molar-refractivity contribution in [2.24, 2.45) is 0 Å². The Morgan fingerprint density at radius 1 is 1.47 bits per heavy atom. The molecule has 0 aromatic heterocycles. The number of carbonyl (C=O) groups is 2. The Morgan fingerprint density at radius 2 is 2.18 bits per heavy atom. The Morgan fingerprint density at radius 3 is 2.76 bits per heavy atom. The van der Waals surface area contributed by atoms with Crippen LogP contribution in [0.1, 0.15) is 17.3 Å². The Kier molecular flexibility index (Phi) is 4.93. The van der Waals surface area contributed by atoms with Gasteiger partial charge < -0.3 is 15.2 Å². The normalized spacial score (nSPS) is 10.0. The van der Waals surface area contributed by atoms with Crippen LogP contribution in [0, 0.1) is 0 Å². The molecule has 1 aromatic carbocycles. The van der Waals surface area contributed by atoms with Crippen molar-refractivity contribution in [2.75, 3.05) is 18.5 Å². The number of hydrogen-bond donors (Lipinski definition) is 2. The quantitative estimate of drug-likeness (QED) is 0.846. The van der Waals surface area contributed by atoms with E-state index in [2.05, 4.69) is 5.32 Å². The minimum absolute atomic E-state index is 0.0534. The fourth-order valence-electron chi connectivity index (χ4n) is 1.18. The third-order valence-corrected chi connectivity index (χ3v) is 2.16. The number of hydrogen-bond acceptors (Lipinski definition) is 3. The van der Waals surface area contributed by atoms with E-state index in [-0.39, 0.29) is 17.9 Å². The first-order valence-corrected chi connectivity index (χ1v) is 5.32. The Labute approximate surface area is 103 Å². The maximum absolute atomic E-state index is 11.4. The number of carboxylic acid groups (broad SMARTS) is 1. The molecule has 1 amide bonds. The van der Waals surface area contributed by atoms with Crippen LogP contribution < -0.4 is 5.32 Å². The Hall–Kier alpha value is -1.59. The van der Waals surface area contributed by atoms with Crippen molar-refractivity contribution in [1.29, 1.82) is 0 Å². The monoisotopic (exact) mass is 257 g/mol. The summed E-state index contributed by atoms with van der Waals surface area (Å²) in [4.78, 5) is 22.3. The van der Waals surface area contributed by atoms with Crippen LogP contribution in [-0.4, -0.2) is 30.2 Å². The molecule has 2 N–H and O–H groups in total. The van der Waals surface area contributed by atoms with E-state index in [1.54, 1.807) is 6.92 Å². The molecule has 1 rings (SSSR count). The lowest BCUT2D eigenvalue weighted by molar-refractivity contribution is -0.120. The van der Waals surface area contributed by atoms with Gasteiger partial charge in [-0.3, -0.25) is 4.79 Å². The summed E-state index contributed by atoms with van der Waals surface area (Å²) in [7, 11) is 0. The number of ether oxygens (including phenoxy) is 1. The van der Waals surface area contributed by atoms with E-state index in [4.69, 9.17) is 21.4 Å². The van der Waals surface area contributed by atoms with Gasteiger partial charge in [0.05, 0.1) is 11.3 Å². The second-order valence-corrected chi connectivity index (χ2v) is 3.62. The molecule has 1 aromatic rings. The lowest BCUT2D eigenvalue weighted by atomic mass is 10.2. The second-order valence-electron chi connectivity index (χ2n) is 3.18. The Balaban J connectivity index is 2.83. The zero-order valence-corrected chi connectivity index (χ0v) is 9.95. The molecule has 0 aliphatic heterocycles. The molecule has 0 atom stereocenters. The van der Waals surface area contributed by atoms with Crippen LogP contribution in [0.15, 0.2) is 18.2 Å². The molecule has 0 spiro atoms. The SMILES string of the molecule is CCOCC(=O)Nc1ccc(Cl)cc1C(=O)O. The first-order valence-electron chi connectivity index (χ1n) is 4.95. The number of carbonyl (C=O) groups excluding carboxylic acids is 1. The highest BCUT2D eigenvalue weighted by atomic mass is 35.5. The van der Waals surface area contributed by atoms with Crippen LogP contribution >= 0.6 is 11.6 Å². The van der Waals surface area contributed by atoms with Crippen molar-refractivity contribution in [2.45, 2.75) is 6.92 Å². The van der Waals surface area contributed by atoms with Gasteiger partial charge in [0.25, 0.3) is 0 Å². The van der Waals surface area contributed by atoms with Crippen LogP contribution in [0.4, 0.5) is 5.69 Å². The van der Waals surface area contributed by atoms with Gasteiger partial charge in [0.1, 0.15) is 6.61 Å². The smallest absolute Gasteiger partial charge is 0.337 e. The van der Waals surface area contributed by atoms with Crippen molar-refractivity contribution in [1.82, 2.24) is 0 Å². The number of aromatic carboxylic acids is 1. The molecule has 0 fully saturated rings. The summed E-state index contributed by atoms with van der Waals surface area (Å²) < 4.78 is 4.91. The summed E-state index contributed by atoms with van der Waals surface area (Å²) in [5.41, 5.74) is 0.147. The first kappa shape index (κ1) is 13.5. The molecule has 0 aliphatic rings. The predicted molar refractivity (Wildman–Crippen MR) is 63.5 cm³/mol. The zero-order valence-electron chi connectivity index (χ0n) is 9.20. The molecular formula is C11H12ClNO4. The van der Waals surface area contributed by atoms with E-state index >= 15 is 0 Å². The van der Waals surface area contributed by atoms with Gasteiger partial charge in [0.15, 0.2) is 0 Å². The van der Waals surface area contributed by atoms with Gasteiger partial charge in [-0.1, -0.05) is 11.6 Å². The van der Waals surface area contributed by atoms with E-state index < -0.39 is 11.9 Å². The standard InChI is InChI=1S/C11H12ClNO4/c1-2-17-6-10(14)13-9-4-3-7(12)5-8(9)11(15)16/h3-5H,2,6H2,1H3,(H,13,14)(H,15,16). The molecule has 0 radical (unpaired) electrons. The van der Waals surface area contributed by atoms with Gasteiger partial charge in [-0.05, 0) is 25.1 Å². The number of nitrogens with one attached hydrogen (secondary N) is 1. The highest BCUT2D eigenvalue weighted by Gasteiger charge is 2.12. The fourth-order valence-corrected chi connectivity index (χ4v) is 1.36. The molecular weight excluding hydrogens is 246 g/mol. The van der Waals surface area contributed by atoms with Gasteiger partial charge in [-0.25, -0.2) is 4.79 Å². The predicted octanol–water partition coefficient (Wildman–Crippen LogP) is 2.01. The fraction of sp³-hybridized carbons (Fsp3) is 0.273. The molecule has 0 saturated heterocycles. The third kappa shape index (κ3) is 4.05. The molecule has 6 heteroatoms. The van der Waals surface area contributed by atoms with Crippen LogP contribution in [0.25, 0.3) is 0 Å². The highest BCUT2D eigenvalue weighted by Crippen LogP contribution is 2.20. The summed E-state index contributed by atoms with van der Waals surface area (Å²) in [6.45, 7) is 2.07. The maximum Gasteiger partial charge on any atom is 0.337 e. The number of carboxylic acids is 1. The largest absolute Gasteiger partial charge is 0.478 e. The van der Waals surface area contributed by atoms with Crippen LogP contribution in [0.2, 0.25) is 5.02 Å². The number of halogens is 1. The van der Waals surface area contributed by atoms with E-state index in [1.807, 2.05) is 0 Å². The molecule has 0 heterocycles. The molecule has 0 unspecified atom stereocenters. The third-order valence-electron chi connectivity index (χ3n) is 1.92. The van der Waals surface area contributed by atoms with Crippen LogP contribution in [0.3, 0.4) is 0 Å². The molecule has 0 bridgehead atoms. The highest BCUT2D eigenvalue weighted by molar-refractivity contribution is 6.31. The zero-order chi connectivity index (χ0) is 12.8. The summed E-state index contributed by atoms with van der Waals surface area (Å²) in [6.07, 6.45) is 0.